The smallest absolute Gasteiger partial charge is 0.322 e. The van der Waals surface area contributed by atoms with Crippen molar-refractivity contribution in [2.45, 2.75) is 36.8 Å². The summed E-state index contributed by atoms with van der Waals surface area (Å²) in [6.45, 7) is 6.20. The van der Waals surface area contributed by atoms with Crippen molar-refractivity contribution in [3.05, 3.63) is 59.7 Å². The van der Waals surface area contributed by atoms with Crippen LogP contribution in [0.25, 0.3) is 0 Å². The third-order valence-corrected chi connectivity index (χ3v) is 5.09. The fourth-order valence-electron chi connectivity index (χ4n) is 2.16. The molecule has 0 aliphatic heterocycles. The molecule has 1 amide bonds. The van der Waals surface area contributed by atoms with E-state index in [1.807, 2.05) is 12.1 Å². The van der Waals surface area contributed by atoms with Crippen molar-refractivity contribution >= 4 is 21.4 Å². The number of rotatable bonds is 4. The summed E-state index contributed by atoms with van der Waals surface area (Å²) in [6.07, 6.45) is 0. The minimum absolute atomic E-state index is 0.0268. The van der Waals surface area contributed by atoms with Crippen LogP contribution < -0.4 is 5.32 Å². The second kappa shape index (κ2) is 6.92. The van der Waals surface area contributed by atoms with Crippen LogP contribution in [0.1, 0.15) is 36.7 Å². The summed E-state index contributed by atoms with van der Waals surface area (Å²) >= 11 is 0. The van der Waals surface area contributed by atoms with Crippen molar-refractivity contribution in [1.29, 1.82) is 0 Å². The van der Waals surface area contributed by atoms with E-state index in [1.54, 1.807) is 12.1 Å². The average molecular weight is 367 g/mol. The molecule has 0 bridgehead atoms. The summed E-state index contributed by atoms with van der Waals surface area (Å²) in [7, 11) is -4.64. The maximum absolute atomic E-state index is 12.5. The van der Waals surface area contributed by atoms with Crippen LogP contribution in [0.15, 0.2) is 53.4 Å². The Hall–Kier alpha value is -2.28. The number of anilines is 1. The number of nitrogens with one attached hydrogen (secondary N) is 1. The van der Waals surface area contributed by atoms with Gasteiger partial charge in [0.2, 0.25) is 9.84 Å². The fraction of sp³-hybridized carbons (Fsp3) is 0.278. The van der Waals surface area contributed by atoms with Gasteiger partial charge in [-0.2, -0.15) is 8.78 Å². The number of sulfone groups is 1. The average Bonchev–Trinajstić information content (AvgIpc) is 2.54. The highest BCUT2D eigenvalue weighted by Gasteiger charge is 2.26. The van der Waals surface area contributed by atoms with Gasteiger partial charge in [-0.1, -0.05) is 32.9 Å². The maximum atomic E-state index is 12.5. The second-order valence-corrected chi connectivity index (χ2v) is 8.53. The monoisotopic (exact) mass is 367 g/mol. The van der Waals surface area contributed by atoms with Gasteiger partial charge in [0.1, 0.15) is 0 Å². The van der Waals surface area contributed by atoms with Gasteiger partial charge in [0.15, 0.2) is 0 Å². The van der Waals surface area contributed by atoms with Crippen LogP contribution in [0, 0.1) is 0 Å². The van der Waals surface area contributed by atoms with E-state index in [1.165, 1.54) is 12.1 Å². The number of alkyl halides is 2. The molecule has 25 heavy (non-hydrogen) atoms. The zero-order valence-corrected chi connectivity index (χ0v) is 14.9. The molecule has 0 atom stereocenters. The highest BCUT2D eigenvalue weighted by molar-refractivity contribution is 7.91. The van der Waals surface area contributed by atoms with Crippen LogP contribution in [0.2, 0.25) is 0 Å². The van der Waals surface area contributed by atoms with Crippen molar-refractivity contribution in [3.63, 3.8) is 0 Å². The van der Waals surface area contributed by atoms with Crippen LogP contribution >= 0.6 is 0 Å². The molecule has 0 aliphatic carbocycles. The van der Waals surface area contributed by atoms with Crippen LogP contribution in [0.3, 0.4) is 0 Å². The molecule has 0 saturated heterocycles. The molecule has 2 aromatic carbocycles. The van der Waals surface area contributed by atoms with Crippen molar-refractivity contribution in [2.24, 2.45) is 0 Å². The standard InChI is InChI=1S/C18H19F2NO3S/c1-18(2,3)13-6-4-12(5-7-13)16(22)21-14-8-10-15(11-9-14)25(23,24)17(19)20/h4-11,17H,1-3H3,(H,21,22). The molecule has 0 radical (unpaired) electrons. The molecule has 1 N–H and O–H groups in total. The normalized spacial score (nSPS) is 12.2. The Morgan fingerprint density at radius 2 is 1.48 bits per heavy atom. The van der Waals surface area contributed by atoms with Crippen LogP contribution in [0.4, 0.5) is 14.5 Å². The number of hydrogen-bond acceptors (Lipinski definition) is 3. The van der Waals surface area contributed by atoms with Gasteiger partial charge in [0.25, 0.3) is 5.91 Å². The lowest BCUT2D eigenvalue weighted by Gasteiger charge is -2.19. The van der Waals surface area contributed by atoms with E-state index < -0.39 is 20.5 Å². The van der Waals surface area contributed by atoms with E-state index in [0.29, 0.717) is 11.3 Å². The van der Waals surface area contributed by atoms with Crippen LogP contribution in [-0.2, 0) is 15.3 Å². The van der Waals surface area contributed by atoms with Gasteiger partial charge >= 0.3 is 5.76 Å². The highest BCUT2D eigenvalue weighted by Crippen LogP contribution is 2.23. The molecule has 0 aliphatic rings. The molecule has 0 spiro atoms. The molecule has 0 fully saturated rings. The van der Waals surface area contributed by atoms with Gasteiger partial charge in [-0.25, -0.2) is 8.42 Å². The van der Waals surface area contributed by atoms with Crippen molar-refractivity contribution < 1.29 is 22.0 Å². The van der Waals surface area contributed by atoms with E-state index in [-0.39, 0.29) is 11.3 Å². The summed E-state index contributed by atoms with van der Waals surface area (Å²) in [4.78, 5) is 11.7. The molecule has 2 rings (SSSR count). The number of halogens is 2. The van der Waals surface area contributed by atoms with Gasteiger partial charge in [0, 0.05) is 11.3 Å². The first-order chi connectivity index (χ1) is 11.5. The van der Waals surface area contributed by atoms with E-state index in [2.05, 4.69) is 26.1 Å². The Bertz CT molecular complexity index is 853. The number of carbonyl (C=O) groups excluding carboxylic acids is 1. The molecule has 4 nitrogen and oxygen atoms in total. The summed E-state index contributed by atoms with van der Waals surface area (Å²) in [5.74, 6) is -3.85. The Kier molecular flexibility index (Phi) is 5.27. The Labute approximate surface area is 145 Å². The predicted octanol–water partition coefficient (Wildman–Crippen LogP) is 4.23. The first-order valence-electron chi connectivity index (χ1n) is 7.56. The second-order valence-electron chi connectivity index (χ2n) is 6.61. The summed E-state index contributed by atoms with van der Waals surface area (Å²) < 4.78 is 47.7. The lowest BCUT2D eigenvalue weighted by atomic mass is 9.87. The Balaban J connectivity index is 2.13. The molecule has 0 aromatic heterocycles. The van der Waals surface area contributed by atoms with E-state index in [4.69, 9.17) is 0 Å². The SMILES string of the molecule is CC(C)(C)c1ccc(C(=O)Nc2ccc(S(=O)(=O)C(F)F)cc2)cc1. The molecule has 134 valence electrons. The van der Waals surface area contributed by atoms with E-state index in [9.17, 15) is 22.0 Å². The topological polar surface area (TPSA) is 63.2 Å². The Morgan fingerprint density at radius 3 is 1.92 bits per heavy atom. The first kappa shape index (κ1) is 19.1. The number of amides is 1. The summed E-state index contributed by atoms with van der Waals surface area (Å²) in [5, 5.41) is 2.60. The van der Waals surface area contributed by atoms with E-state index in [0.717, 1.165) is 17.7 Å². The first-order valence-corrected chi connectivity index (χ1v) is 9.10. The predicted molar refractivity (Wildman–Crippen MR) is 92.7 cm³/mol. The third-order valence-electron chi connectivity index (χ3n) is 3.69. The zero-order valence-electron chi connectivity index (χ0n) is 14.1. The van der Waals surface area contributed by atoms with Crippen LogP contribution in [-0.4, -0.2) is 20.1 Å². The lowest BCUT2D eigenvalue weighted by Crippen LogP contribution is -2.15. The molecule has 2 aromatic rings. The Morgan fingerprint density at radius 1 is 0.960 bits per heavy atom. The molecule has 0 saturated carbocycles. The minimum atomic E-state index is -4.64. The van der Waals surface area contributed by atoms with Gasteiger partial charge in [-0.3, -0.25) is 4.79 Å². The van der Waals surface area contributed by atoms with E-state index >= 15 is 0 Å². The zero-order chi connectivity index (χ0) is 18.8. The highest BCUT2D eigenvalue weighted by atomic mass is 32.2. The summed E-state index contributed by atoms with van der Waals surface area (Å²) in [6, 6.07) is 11.8. The quantitative estimate of drug-likeness (QED) is 0.879. The molecular weight excluding hydrogens is 348 g/mol. The molecule has 0 unspecified atom stereocenters. The fourth-order valence-corrected chi connectivity index (χ4v) is 2.88. The van der Waals surface area contributed by atoms with Crippen LogP contribution in [0.5, 0.6) is 0 Å². The molecule has 7 heteroatoms. The van der Waals surface area contributed by atoms with Gasteiger partial charge in [-0.15, -0.1) is 0 Å². The number of hydrogen-bond donors (Lipinski definition) is 1. The van der Waals surface area contributed by atoms with Gasteiger partial charge < -0.3 is 5.32 Å². The largest absolute Gasteiger partial charge is 0.341 e. The van der Waals surface area contributed by atoms with Crippen molar-refractivity contribution in [3.8, 4) is 0 Å². The number of benzene rings is 2. The molecular formula is C18H19F2NO3S. The summed E-state index contributed by atoms with van der Waals surface area (Å²) in [5.41, 5.74) is 1.82. The maximum Gasteiger partial charge on any atom is 0.341 e. The van der Waals surface area contributed by atoms with Gasteiger partial charge in [-0.05, 0) is 47.4 Å². The van der Waals surface area contributed by atoms with Gasteiger partial charge in [0.05, 0.1) is 4.90 Å². The lowest BCUT2D eigenvalue weighted by molar-refractivity contribution is 0.102. The van der Waals surface area contributed by atoms with Crippen molar-refractivity contribution in [2.75, 3.05) is 5.32 Å². The molecule has 0 heterocycles. The minimum Gasteiger partial charge on any atom is -0.322 e. The van der Waals surface area contributed by atoms with Crippen molar-refractivity contribution in [1.82, 2.24) is 0 Å². The number of carbonyl (C=O) groups is 1. The third kappa shape index (κ3) is 4.42.